The first-order chi connectivity index (χ1) is 12.4. The minimum Gasteiger partial charge on any atom is -0.507 e. The lowest BCUT2D eigenvalue weighted by molar-refractivity contribution is 0.423. The molecular formula is C24H32OS2. The summed E-state index contributed by atoms with van der Waals surface area (Å²) in [5, 5.41) is 10.9. The van der Waals surface area contributed by atoms with E-state index in [1.54, 1.807) is 11.8 Å². The van der Waals surface area contributed by atoms with Gasteiger partial charge in [-0.15, -0.1) is 11.8 Å². The third kappa shape index (κ3) is 5.58. The summed E-state index contributed by atoms with van der Waals surface area (Å²) >= 11 is 7.45. The Labute approximate surface area is 174 Å². The van der Waals surface area contributed by atoms with E-state index in [0.29, 0.717) is 5.75 Å². The average Bonchev–Trinajstić information content (AvgIpc) is 2.58. The number of aromatic hydroxyl groups is 1. The zero-order valence-electron chi connectivity index (χ0n) is 17.6. The quantitative estimate of drug-likeness (QED) is 0.550. The summed E-state index contributed by atoms with van der Waals surface area (Å²) in [4.78, 5) is 0. The Morgan fingerprint density at radius 3 is 1.74 bits per heavy atom. The molecule has 2 aromatic rings. The van der Waals surface area contributed by atoms with E-state index in [9.17, 15) is 5.11 Å². The van der Waals surface area contributed by atoms with E-state index in [0.717, 1.165) is 33.1 Å². The molecule has 2 aromatic carbocycles. The van der Waals surface area contributed by atoms with Gasteiger partial charge in [0.25, 0.3) is 0 Å². The van der Waals surface area contributed by atoms with E-state index in [1.807, 2.05) is 0 Å². The van der Waals surface area contributed by atoms with Crippen LogP contribution in [-0.4, -0.2) is 9.30 Å². The van der Waals surface area contributed by atoms with Gasteiger partial charge in [-0.05, 0) is 46.1 Å². The molecule has 0 saturated carbocycles. The standard InChI is InChI=1S/C24H32OS2/c1-8-16-9-11-17(12-10-16)15-27-22(26)18-13-19(23(2,3)4)21(25)20(14-18)24(5,6)7/h9-14,25H,8,15H2,1-7H3. The molecule has 0 aliphatic heterocycles. The fraction of sp³-hybridized carbons (Fsp3) is 0.458. The number of thiocarbonyl (C=S) groups is 1. The topological polar surface area (TPSA) is 20.2 Å². The predicted octanol–water partition coefficient (Wildman–Crippen LogP) is 7.16. The van der Waals surface area contributed by atoms with Crippen LogP contribution in [0.1, 0.15) is 76.3 Å². The van der Waals surface area contributed by atoms with Crippen molar-refractivity contribution in [3.8, 4) is 5.75 Å². The molecular weight excluding hydrogens is 368 g/mol. The van der Waals surface area contributed by atoms with E-state index in [4.69, 9.17) is 12.2 Å². The van der Waals surface area contributed by atoms with Crippen molar-refractivity contribution in [3.05, 3.63) is 64.2 Å². The van der Waals surface area contributed by atoms with Crippen LogP contribution in [0.5, 0.6) is 5.75 Å². The highest BCUT2D eigenvalue weighted by molar-refractivity contribution is 8.23. The highest BCUT2D eigenvalue weighted by atomic mass is 32.2. The van der Waals surface area contributed by atoms with Crippen molar-refractivity contribution in [3.63, 3.8) is 0 Å². The molecule has 0 aliphatic carbocycles. The Kier molecular flexibility index (Phi) is 6.81. The minimum atomic E-state index is -0.143. The summed E-state index contributed by atoms with van der Waals surface area (Å²) in [5.41, 5.74) is 5.31. The SMILES string of the molecule is CCc1ccc(CSC(=S)c2cc(C(C)(C)C)c(O)c(C(C)(C)C)c2)cc1. The number of rotatable bonds is 4. The van der Waals surface area contributed by atoms with Gasteiger partial charge < -0.3 is 5.11 Å². The molecule has 0 unspecified atom stereocenters. The van der Waals surface area contributed by atoms with E-state index < -0.39 is 0 Å². The third-order valence-electron chi connectivity index (χ3n) is 4.76. The molecule has 0 radical (unpaired) electrons. The van der Waals surface area contributed by atoms with Crippen LogP contribution in [0.15, 0.2) is 36.4 Å². The van der Waals surface area contributed by atoms with Gasteiger partial charge in [-0.1, -0.05) is 84.9 Å². The lowest BCUT2D eigenvalue weighted by Crippen LogP contribution is -2.18. The second-order valence-electron chi connectivity index (χ2n) is 9.17. The number of hydrogen-bond acceptors (Lipinski definition) is 3. The fourth-order valence-electron chi connectivity index (χ4n) is 3.00. The average molecular weight is 401 g/mol. The van der Waals surface area contributed by atoms with E-state index in [2.05, 4.69) is 84.9 Å². The molecule has 1 N–H and O–H groups in total. The van der Waals surface area contributed by atoms with Gasteiger partial charge in [0.15, 0.2) is 0 Å². The first-order valence-corrected chi connectivity index (χ1v) is 11.0. The van der Waals surface area contributed by atoms with Crippen LogP contribution in [0.2, 0.25) is 0 Å². The first kappa shape index (κ1) is 22.0. The number of thioether (sulfide) groups is 1. The number of phenolic OH excluding ortho intramolecular Hbond substituents is 1. The largest absolute Gasteiger partial charge is 0.507 e. The third-order valence-corrected chi connectivity index (χ3v) is 6.33. The molecule has 146 valence electrons. The van der Waals surface area contributed by atoms with Gasteiger partial charge in [0.2, 0.25) is 0 Å². The lowest BCUT2D eigenvalue weighted by atomic mass is 9.78. The van der Waals surface area contributed by atoms with E-state index >= 15 is 0 Å². The second-order valence-corrected chi connectivity index (χ2v) is 10.8. The molecule has 0 saturated heterocycles. The molecule has 0 spiro atoms. The van der Waals surface area contributed by atoms with Crippen molar-refractivity contribution in [1.29, 1.82) is 0 Å². The number of aryl methyl sites for hydroxylation is 1. The van der Waals surface area contributed by atoms with Gasteiger partial charge in [-0.25, -0.2) is 0 Å². The summed E-state index contributed by atoms with van der Waals surface area (Å²) in [6.45, 7) is 14.9. The maximum atomic E-state index is 10.9. The van der Waals surface area contributed by atoms with Gasteiger partial charge in [0.05, 0.1) is 4.20 Å². The van der Waals surface area contributed by atoms with Gasteiger partial charge >= 0.3 is 0 Å². The molecule has 0 bridgehead atoms. The summed E-state index contributed by atoms with van der Waals surface area (Å²) < 4.78 is 0.880. The monoisotopic (exact) mass is 400 g/mol. The van der Waals surface area contributed by atoms with Gasteiger partial charge in [-0.3, -0.25) is 0 Å². The van der Waals surface area contributed by atoms with Crippen molar-refractivity contribution in [2.75, 3.05) is 0 Å². The molecule has 1 nitrogen and oxygen atoms in total. The van der Waals surface area contributed by atoms with Crippen molar-refractivity contribution in [1.82, 2.24) is 0 Å². The van der Waals surface area contributed by atoms with Crippen LogP contribution in [-0.2, 0) is 23.0 Å². The first-order valence-electron chi connectivity index (χ1n) is 9.56. The second kappa shape index (κ2) is 8.36. The molecule has 0 aromatic heterocycles. The van der Waals surface area contributed by atoms with Crippen molar-refractivity contribution in [2.45, 2.75) is 71.5 Å². The Morgan fingerprint density at radius 1 is 0.889 bits per heavy atom. The predicted molar refractivity (Wildman–Crippen MR) is 124 cm³/mol. The Hall–Kier alpha value is -1.32. The molecule has 0 atom stereocenters. The van der Waals surface area contributed by atoms with Crippen LogP contribution in [0.25, 0.3) is 0 Å². The highest BCUT2D eigenvalue weighted by Crippen LogP contribution is 2.40. The van der Waals surface area contributed by atoms with Crippen molar-refractivity contribution >= 4 is 28.2 Å². The maximum Gasteiger partial charge on any atom is 0.123 e. The van der Waals surface area contributed by atoms with Crippen LogP contribution in [0.3, 0.4) is 0 Å². The van der Waals surface area contributed by atoms with Gasteiger partial charge in [0.1, 0.15) is 5.75 Å². The molecule has 27 heavy (non-hydrogen) atoms. The number of benzene rings is 2. The summed E-state index contributed by atoms with van der Waals surface area (Å²) in [7, 11) is 0. The molecule has 0 aliphatic rings. The molecule has 0 heterocycles. The fourth-order valence-corrected chi connectivity index (χ4v) is 4.07. The van der Waals surface area contributed by atoms with Gasteiger partial charge in [0, 0.05) is 16.9 Å². The zero-order valence-corrected chi connectivity index (χ0v) is 19.3. The summed E-state index contributed by atoms with van der Waals surface area (Å²) in [5.74, 6) is 1.26. The molecule has 3 heteroatoms. The maximum absolute atomic E-state index is 10.9. The Balaban J connectivity index is 2.31. The van der Waals surface area contributed by atoms with E-state index in [1.165, 1.54) is 11.1 Å². The smallest absolute Gasteiger partial charge is 0.123 e. The highest BCUT2D eigenvalue weighted by Gasteiger charge is 2.27. The minimum absolute atomic E-state index is 0.143. The number of phenols is 1. The van der Waals surface area contributed by atoms with E-state index in [-0.39, 0.29) is 10.8 Å². The van der Waals surface area contributed by atoms with Crippen LogP contribution in [0.4, 0.5) is 0 Å². The Bertz CT molecular complexity index is 771. The molecule has 2 rings (SSSR count). The number of hydrogen-bond donors (Lipinski definition) is 1. The summed E-state index contributed by atoms with van der Waals surface area (Å²) in [6.07, 6.45) is 1.06. The molecule has 0 fully saturated rings. The summed E-state index contributed by atoms with van der Waals surface area (Å²) in [6, 6.07) is 12.9. The normalized spacial score (nSPS) is 12.3. The van der Waals surface area contributed by atoms with Crippen molar-refractivity contribution < 1.29 is 5.11 Å². The lowest BCUT2D eigenvalue weighted by Gasteiger charge is -2.28. The van der Waals surface area contributed by atoms with Gasteiger partial charge in [-0.2, -0.15) is 0 Å². The Morgan fingerprint density at radius 2 is 1.33 bits per heavy atom. The van der Waals surface area contributed by atoms with Crippen molar-refractivity contribution in [2.24, 2.45) is 0 Å². The van der Waals surface area contributed by atoms with Crippen LogP contribution < -0.4 is 0 Å². The van der Waals surface area contributed by atoms with Crippen LogP contribution in [0, 0.1) is 0 Å². The molecule has 0 amide bonds. The van der Waals surface area contributed by atoms with Crippen LogP contribution >= 0.6 is 24.0 Å². The zero-order chi connectivity index (χ0) is 20.4.